The molecule has 0 aliphatic carbocycles. The monoisotopic (exact) mass is 269 g/mol. The van der Waals surface area contributed by atoms with Crippen LogP contribution in [0.1, 0.15) is 11.5 Å². The zero-order chi connectivity index (χ0) is 13.3. The van der Waals surface area contributed by atoms with Crippen LogP contribution in [-0.2, 0) is 11.2 Å². The predicted molar refractivity (Wildman–Crippen MR) is 63.0 cm³/mol. The Balaban J connectivity index is 2.39. The highest BCUT2D eigenvalue weighted by Crippen LogP contribution is 2.26. The summed E-state index contributed by atoms with van der Waals surface area (Å²) in [5.74, 6) is -1.03. The van der Waals surface area contributed by atoms with Gasteiger partial charge in [0.1, 0.15) is 18.0 Å². The number of rotatable bonds is 3. The molecule has 4 nitrogen and oxygen atoms in total. The first-order valence-corrected chi connectivity index (χ1v) is 5.48. The number of benzene rings is 1. The van der Waals surface area contributed by atoms with Crippen LogP contribution < -0.4 is 0 Å². The van der Waals surface area contributed by atoms with E-state index in [9.17, 15) is 9.18 Å². The van der Waals surface area contributed by atoms with Gasteiger partial charge in [-0.2, -0.15) is 0 Å². The first-order valence-electron chi connectivity index (χ1n) is 5.11. The minimum Gasteiger partial charge on any atom is -0.481 e. The molecule has 1 N–H and O–H groups in total. The Bertz CT molecular complexity index is 609. The van der Waals surface area contributed by atoms with E-state index < -0.39 is 11.8 Å². The lowest BCUT2D eigenvalue weighted by Crippen LogP contribution is -1.99. The Kier molecular flexibility index (Phi) is 3.34. The maximum absolute atomic E-state index is 13.0. The molecular formula is C12H9ClFNO3. The maximum Gasteiger partial charge on any atom is 0.311 e. The van der Waals surface area contributed by atoms with Gasteiger partial charge in [0.25, 0.3) is 0 Å². The summed E-state index contributed by atoms with van der Waals surface area (Å²) < 4.78 is 18.3. The third-order valence-corrected chi connectivity index (χ3v) is 2.66. The Hall–Kier alpha value is -1.88. The van der Waals surface area contributed by atoms with Crippen molar-refractivity contribution in [1.29, 1.82) is 0 Å². The van der Waals surface area contributed by atoms with Crippen LogP contribution >= 0.6 is 11.6 Å². The molecule has 0 bridgehead atoms. The Morgan fingerprint density at radius 2 is 2.28 bits per heavy atom. The van der Waals surface area contributed by atoms with E-state index >= 15 is 0 Å². The molecule has 94 valence electrons. The first kappa shape index (κ1) is 12.6. The normalized spacial score (nSPS) is 10.6. The molecular weight excluding hydrogens is 261 g/mol. The van der Waals surface area contributed by atoms with Gasteiger partial charge in [-0.15, -0.1) is 0 Å². The van der Waals surface area contributed by atoms with Crippen LogP contribution in [0.3, 0.4) is 0 Å². The molecule has 0 aliphatic rings. The quantitative estimate of drug-likeness (QED) is 0.930. The van der Waals surface area contributed by atoms with Crippen LogP contribution in [0.5, 0.6) is 0 Å². The second-order valence-electron chi connectivity index (χ2n) is 3.73. The van der Waals surface area contributed by atoms with Crippen molar-refractivity contribution < 1.29 is 18.7 Å². The van der Waals surface area contributed by atoms with Crippen LogP contribution in [0.15, 0.2) is 22.6 Å². The highest BCUT2D eigenvalue weighted by molar-refractivity contribution is 6.31. The molecule has 2 rings (SSSR count). The number of halogens is 2. The molecule has 0 radical (unpaired) electrons. The van der Waals surface area contributed by atoms with Gasteiger partial charge in [-0.1, -0.05) is 11.6 Å². The van der Waals surface area contributed by atoms with E-state index in [1.54, 1.807) is 6.92 Å². The minimum absolute atomic E-state index is 0.0388. The van der Waals surface area contributed by atoms with Crippen molar-refractivity contribution in [3.63, 3.8) is 0 Å². The van der Waals surface area contributed by atoms with E-state index in [0.29, 0.717) is 11.3 Å². The van der Waals surface area contributed by atoms with Gasteiger partial charge in [0.05, 0.1) is 10.7 Å². The number of hydrogen-bond donors (Lipinski definition) is 1. The van der Waals surface area contributed by atoms with Crippen LogP contribution in [0.4, 0.5) is 4.39 Å². The average molecular weight is 270 g/mol. The van der Waals surface area contributed by atoms with Gasteiger partial charge in [-0.3, -0.25) is 4.79 Å². The summed E-state index contributed by atoms with van der Waals surface area (Å²) in [6.45, 7) is 1.65. The van der Waals surface area contributed by atoms with Crippen LogP contribution in [0.2, 0.25) is 5.02 Å². The molecule has 18 heavy (non-hydrogen) atoms. The van der Waals surface area contributed by atoms with Gasteiger partial charge >= 0.3 is 5.97 Å². The summed E-state index contributed by atoms with van der Waals surface area (Å²) in [5.41, 5.74) is 0.994. The number of aryl methyl sites for hydroxylation is 1. The van der Waals surface area contributed by atoms with Gasteiger partial charge in [0.2, 0.25) is 5.89 Å². The third kappa shape index (κ3) is 2.51. The number of aliphatic carboxylic acids is 1. The number of carboxylic acids is 1. The second kappa shape index (κ2) is 4.78. The lowest BCUT2D eigenvalue weighted by Gasteiger charge is -1.97. The van der Waals surface area contributed by atoms with Gasteiger partial charge < -0.3 is 9.52 Å². The maximum atomic E-state index is 13.0. The molecule has 0 fully saturated rings. The molecule has 0 aliphatic heterocycles. The van der Waals surface area contributed by atoms with Crippen LogP contribution in [0, 0.1) is 12.7 Å². The van der Waals surface area contributed by atoms with Crippen molar-refractivity contribution in [2.75, 3.05) is 0 Å². The lowest BCUT2D eigenvalue weighted by atomic mass is 10.2. The number of carboxylic acid groups (broad SMARTS) is 1. The molecule has 1 aromatic heterocycles. The summed E-state index contributed by atoms with van der Waals surface area (Å²) in [6, 6.07) is 4.05. The van der Waals surface area contributed by atoms with Crippen molar-refractivity contribution in [3.8, 4) is 11.5 Å². The van der Waals surface area contributed by atoms with Gasteiger partial charge in [-0.25, -0.2) is 9.37 Å². The Morgan fingerprint density at radius 1 is 1.56 bits per heavy atom. The summed E-state index contributed by atoms with van der Waals surface area (Å²) in [6.07, 6.45) is -0.242. The average Bonchev–Trinajstić information content (AvgIpc) is 2.63. The molecule has 1 heterocycles. The van der Waals surface area contributed by atoms with Gasteiger partial charge in [0.15, 0.2) is 0 Å². The molecule has 1 aromatic carbocycles. The molecule has 0 unspecified atom stereocenters. The van der Waals surface area contributed by atoms with E-state index in [-0.39, 0.29) is 23.1 Å². The molecule has 0 atom stereocenters. The number of oxazole rings is 1. The molecule has 0 saturated heterocycles. The highest BCUT2D eigenvalue weighted by Gasteiger charge is 2.15. The van der Waals surface area contributed by atoms with E-state index in [1.807, 2.05) is 0 Å². The largest absolute Gasteiger partial charge is 0.481 e. The minimum atomic E-state index is -1.00. The predicted octanol–water partition coefficient (Wildman–Crippen LogP) is 3.07. The third-order valence-electron chi connectivity index (χ3n) is 2.37. The molecule has 0 spiro atoms. The van der Waals surface area contributed by atoms with Crippen molar-refractivity contribution in [2.24, 2.45) is 0 Å². The smallest absolute Gasteiger partial charge is 0.311 e. The highest BCUT2D eigenvalue weighted by atomic mass is 35.5. The number of aromatic nitrogens is 1. The summed E-state index contributed by atoms with van der Waals surface area (Å²) in [7, 11) is 0. The zero-order valence-corrected chi connectivity index (χ0v) is 10.2. The van der Waals surface area contributed by atoms with Crippen LogP contribution in [-0.4, -0.2) is 16.1 Å². The fraction of sp³-hybridized carbons (Fsp3) is 0.167. The fourth-order valence-corrected chi connectivity index (χ4v) is 1.66. The van der Waals surface area contributed by atoms with Crippen molar-refractivity contribution in [3.05, 3.63) is 40.5 Å². The fourth-order valence-electron chi connectivity index (χ4n) is 1.48. The molecule has 6 heteroatoms. The van der Waals surface area contributed by atoms with Crippen LogP contribution in [0.25, 0.3) is 11.5 Å². The number of nitrogens with zero attached hydrogens (tertiary/aromatic N) is 1. The summed E-state index contributed by atoms with van der Waals surface area (Å²) in [4.78, 5) is 14.7. The summed E-state index contributed by atoms with van der Waals surface area (Å²) in [5, 5.41) is 8.65. The zero-order valence-electron chi connectivity index (χ0n) is 9.41. The molecule has 2 aromatic rings. The van der Waals surface area contributed by atoms with E-state index in [4.69, 9.17) is 21.1 Å². The van der Waals surface area contributed by atoms with Crippen molar-refractivity contribution in [2.45, 2.75) is 13.3 Å². The Labute approximate surface area is 107 Å². The molecule has 0 amide bonds. The van der Waals surface area contributed by atoms with Gasteiger partial charge in [-0.05, 0) is 25.1 Å². The topological polar surface area (TPSA) is 63.3 Å². The number of carbonyl (C=O) groups is 1. The lowest BCUT2D eigenvalue weighted by molar-refractivity contribution is -0.136. The molecule has 0 saturated carbocycles. The SMILES string of the molecule is Cc1nc(-c2ccc(F)c(Cl)c2)oc1CC(=O)O. The summed E-state index contributed by atoms with van der Waals surface area (Å²) >= 11 is 5.66. The number of hydrogen-bond acceptors (Lipinski definition) is 3. The standard InChI is InChI=1S/C12H9ClFNO3/c1-6-10(5-11(16)17)18-12(15-6)7-2-3-9(14)8(13)4-7/h2-4H,5H2,1H3,(H,16,17). The van der Waals surface area contributed by atoms with E-state index in [1.165, 1.54) is 18.2 Å². The van der Waals surface area contributed by atoms with E-state index in [0.717, 1.165) is 0 Å². The first-order chi connectivity index (χ1) is 8.47. The van der Waals surface area contributed by atoms with Gasteiger partial charge in [0, 0.05) is 5.56 Å². The second-order valence-corrected chi connectivity index (χ2v) is 4.13. The van der Waals surface area contributed by atoms with Crippen molar-refractivity contribution >= 4 is 17.6 Å². The van der Waals surface area contributed by atoms with E-state index in [2.05, 4.69) is 4.98 Å². The van der Waals surface area contributed by atoms with Crippen molar-refractivity contribution in [1.82, 2.24) is 4.98 Å². The Morgan fingerprint density at radius 3 is 2.89 bits per heavy atom.